The van der Waals surface area contributed by atoms with Gasteiger partial charge in [0.25, 0.3) is 0 Å². The summed E-state index contributed by atoms with van der Waals surface area (Å²) in [5.41, 5.74) is 4.20. The molecule has 1 heterocycles. The third-order valence-corrected chi connectivity index (χ3v) is 4.33. The number of rotatable bonds is 2. The first-order chi connectivity index (χ1) is 8.29. The van der Waals surface area contributed by atoms with Crippen molar-refractivity contribution in [1.82, 2.24) is 10.3 Å². The average molecular weight is 293 g/mol. The fraction of sp³-hybridized carbons (Fsp3) is 0.429. The molecule has 0 radical (unpaired) electrons. The van der Waals surface area contributed by atoms with E-state index in [4.69, 9.17) is 0 Å². The first kappa shape index (κ1) is 11.3. The Hall–Kier alpha value is -0.800. The molecule has 0 amide bonds. The van der Waals surface area contributed by atoms with E-state index in [9.17, 15) is 0 Å². The van der Waals surface area contributed by atoms with E-state index in [1.54, 1.807) is 0 Å². The number of fused-ring (bicyclic) bond motifs is 3. The minimum Gasteiger partial charge on any atom is -0.357 e. The quantitative estimate of drug-likeness (QED) is 0.872. The number of benzene rings is 1. The number of H-pyrrole nitrogens is 1. The molecule has 0 fully saturated rings. The zero-order valence-corrected chi connectivity index (χ0v) is 11.6. The molecule has 0 aliphatic heterocycles. The number of aromatic nitrogens is 1. The molecule has 0 bridgehead atoms. The molecular weight excluding hydrogens is 276 g/mol. The summed E-state index contributed by atoms with van der Waals surface area (Å²) in [6.07, 6.45) is 3.55. The summed E-state index contributed by atoms with van der Waals surface area (Å²) < 4.78 is 1.17. The SMILES string of the molecule is CCNC1CCc2[nH]c3c(Br)cccc3c2C1. The van der Waals surface area contributed by atoms with Crippen molar-refractivity contribution in [2.75, 3.05) is 6.54 Å². The Labute approximate surface area is 110 Å². The van der Waals surface area contributed by atoms with Gasteiger partial charge in [-0.25, -0.2) is 0 Å². The predicted octanol–water partition coefficient (Wildman–Crippen LogP) is 3.40. The zero-order valence-electron chi connectivity index (χ0n) is 10.0. The lowest BCUT2D eigenvalue weighted by Gasteiger charge is -2.23. The van der Waals surface area contributed by atoms with E-state index in [2.05, 4.69) is 51.4 Å². The smallest absolute Gasteiger partial charge is 0.0603 e. The molecule has 1 aliphatic carbocycles. The van der Waals surface area contributed by atoms with Gasteiger partial charge in [-0.15, -0.1) is 0 Å². The highest BCUT2D eigenvalue weighted by Crippen LogP contribution is 2.32. The molecule has 3 rings (SSSR count). The average Bonchev–Trinajstić information content (AvgIpc) is 2.70. The fourth-order valence-electron chi connectivity index (χ4n) is 2.87. The van der Waals surface area contributed by atoms with Crippen molar-refractivity contribution in [3.05, 3.63) is 33.9 Å². The van der Waals surface area contributed by atoms with Gasteiger partial charge in [0.05, 0.1) is 5.52 Å². The highest BCUT2D eigenvalue weighted by molar-refractivity contribution is 9.10. The summed E-state index contributed by atoms with van der Waals surface area (Å²) in [6, 6.07) is 7.10. The summed E-state index contributed by atoms with van der Waals surface area (Å²) in [4.78, 5) is 3.57. The molecule has 1 atom stereocenters. The van der Waals surface area contributed by atoms with Crippen molar-refractivity contribution >= 4 is 26.8 Å². The van der Waals surface area contributed by atoms with Crippen molar-refractivity contribution in [1.29, 1.82) is 0 Å². The topological polar surface area (TPSA) is 27.8 Å². The Morgan fingerprint density at radius 2 is 2.35 bits per heavy atom. The Morgan fingerprint density at radius 3 is 3.18 bits per heavy atom. The number of nitrogens with one attached hydrogen (secondary N) is 2. The Kier molecular flexibility index (Phi) is 2.97. The minimum atomic E-state index is 0.644. The molecular formula is C14H17BrN2. The van der Waals surface area contributed by atoms with Gasteiger partial charge in [-0.2, -0.15) is 0 Å². The fourth-order valence-corrected chi connectivity index (χ4v) is 3.33. The number of aromatic amines is 1. The van der Waals surface area contributed by atoms with Crippen LogP contribution in [0, 0.1) is 0 Å². The van der Waals surface area contributed by atoms with Gasteiger partial charge < -0.3 is 10.3 Å². The van der Waals surface area contributed by atoms with Crippen molar-refractivity contribution < 1.29 is 0 Å². The van der Waals surface area contributed by atoms with Gasteiger partial charge in [0.1, 0.15) is 0 Å². The van der Waals surface area contributed by atoms with Crippen LogP contribution in [-0.2, 0) is 12.8 Å². The zero-order chi connectivity index (χ0) is 11.8. The molecule has 1 aromatic heterocycles. The van der Waals surface area contributed by atoms with E-state index in [1.165, 1.54) is 33.1 Å². The minimum absolute atomic E-state index is 0.644. The van der Waals surface area contributed by atoms with E-state index in [0.29, 0.717) is 6.04 Å². The van der Waals surface area contributed by atoms with E-state index in [1.807, 2.05) is 0 Å². The summed E-state index contributed by atoms with van der Waals surface area (Å²) in [7, 11) is 0. The van der Waals surface area contributed by atoms with Crippen LogP contribution in [0.3, 0.4) is 0 Å². The summed E-state index contributed by atoms with van der Waals surface area (Å²) in [5, 5.41) is 4.95. The van der Waals surface area contributed by atoms with Crippen molar-refractivity contribution in [2.45, 2.75) is 32.2 Å². The number of hydrogen-bond donors (Lipinski definition) is 2. The Bertz CT molecular complexity index is 544. The highest BCUT2D eigenvalue weighted by atomic mass is 79.9. The summed E-state index contributed by atoms with van der Waals surface area (Å²) in [6.45, 7) is 3.24. The van der Waals surface area contributed by atoms with E-state index < -0.39 is 0 Å². The molecule has 2 N–H and O–H groups in total. The molecule has 0 saturated carbocycles. The second-order valence-corrected chi connectivity index (χ2v) is 5.60. The predicted molar refractivity (Wildman–Crippen MR) is 75.5 cm³/mol. The lowest BCUT2D eigenvalue weighted by atomic mass is 9.91. The van der Waals surface area contributed by atoms with Gasteiger partial charge >= 0.3 is 0 Å². The third-order valence-electron chi connectivity index (χ3n) is 3.67. The molecule has 2 nitrogen and oxygen atoms in total. The van der Waals surface area contributed by atoms with Gasteiger partial charge in [-0.1, -0.05) is 19.1 Å². The van der Waals surface area contributed by atoms with Crippen LogP contribution >= 0.6 is 15.9 Å². The first-order valence-electron chi connectivity index (χ1n) is 6.31. The van der Waals surface area contributed by atoms with Gasteiger partial charge in [0.15, 0.2) is 0 Å². The second kappa shape index (κ2) is 4.46. The highest BCUT2D eigenvalue weighted by Gasteiger charge is 2.22. The number of likely N-dealkylation sites (N-methyl/N-ethyl adjacent to an activating group) is 1. The molecule has 1 aromatic carbocycles. The van der Waals surface area contributed by atoms with Crippen LogP contribution in [-0.4, -0.2) is 17.6 Å². The molecule has 90 valence electrons. The molecule has 1 aliphatic rings. The lowest BCUT2D eigenvalue weighted by molar-refractivity contribution is 0.470. The van der Waals surface area contributed by atoms with Crippen LogP contribution in [0.1, 0.15) is 24.6 Å². The molecule has 17 heavy (non-hydrogen) atoms. The van der Waals surface area contributed by atoms with Crippen molar-refractivity contribution in [2.24, 2.45) is 0 Å². The summed E-state index contributed by atoms with van der Waals surface area (Å²) in [5.74, 6) is 0. The van der Waals surface area contributed by atoms with E-state index in [-0.39, 0.29) is 0 Å². The monoisotopic (exact) mass is 292 g/mol. The van der Waals surface area contributed by atoms with Gasteiger partial charge in [0.2, 0.25) is 0 Å². The van der Waals surface area contributed by atoms with Gasteiger partial charge in [0, 0.05) is 21.6 Å². The van der Waals surface area contributed by atoms with Crippen LogP contribution in [0.25, 0.3) is 10.9 Å². The Balaban J connectivity index is 2.06. The maximum atomic E-state index is 3.62. The van der Waals surface area contributed by atoms with Gasteiger partial charge in [-0.05, 0) is 53.4 Å². The number of para-hydroxylation sites is 1. The second-order valence-electron chi connectivity index (χ2n) is 4.74. The van der Waals surface area contributed by atoms with Crippen LogP contribution < -0.4 is 5.32 Å². The third kappa shape index (κ3) is 1.91. The van der Waals surface area contributed by atoms with E-state index in [0.717, 1.165) is 19.4 Å². The first-order valence-corrected chi connectivity index (χ1v) is 7.10. The molecule has 0 spiro atoms. The molecule has 1 unspecified atom stereocenters. The Morgan fingerprint density at radius 1 is 1.47 bits per heavy atom. The molecule has 0 saturated heterocycles. The van der Waals surface area contributed by atoms with Crippen LogP contribution in [0.2, 0.25) is 0 Å². The number of aryl methyl sites for hydroxylation is 1. The largest absolute Gasteiger partial charge is 0.357 e. The van der Waals surface area contributed by atoms with E-state index >= 15 is 0 Å². The molecule has 2 aromatic rings. The van der Waals surface area contributed by atoms with Crippen molar-refractivity contribution in [3.8, 4) is 0 Å². The maximum absolute atomic E-state index is 3.62. The van der Waals surface area contributed by atoms with Crippen LogP contribution in [0.4, 0.5) is 0 Å². The number of hydrogen-bond acceptors (Lipinski definition) is 1. The summed E-state index contributed by atoms with van der Waals surface area (Å²) >= 11 is 3.62. The van der Waals surface area contributed by atoms with Crippen LogP contribution in [0.5, 0.6) is 0 Å². The number of halogens is 1. The standard InChI is InChI=1S/C14H17BrN2/c1-2-16-9-6-7-13-11(8-9)10-4-3-5-12(15)14(10)17-13/h3-5,9,16-17H,2,6-8H2,1H3. The van der Waals surface area contributed by atoms with Gasteiger partial charge in [-0.3, -0.25) is 0 Å². The lowest BCUT2D eigenvalue weighted by Crippen LogP contribution is -2.34. The molecule has 3 heteroatoms. The normalized spacial score (nSPS) is 19.5. The van der Waals surface area contributed by atoms with Crippen molar-refractivity contribution in [3.63, 3.8) is 0 Å². The van der Waals surface area contributed by atoms with Crippen LogP contribution in [0.15, 0.2) is 22.7 Å². The maximum Gasteiger partial charge on any atom is 0.0603 e.